The lowest BCUT2D eigenvalue weighted by Gasteiger charge is -2.21. The molecule has 1 rings (SSSR count). The van der Waals surface area contributed by atoms with Crippen molar-refractivity contribution in [3.05, 3.63) is 0 Å². The number of esters is 1. The number of carbonyl (C=O) groups excluding carboxylic acids is 1. The van der Waals surface area contributed by atoms with Gasteiger partial charge in [-0.2, -0.15) is 0 Å². The summed E-state index contributed by atoms with van der Waals surface area (Å²) in [5.74, 6) is -0.225. The molecule has 1 aliphatic rings. The van der Waals surface area contributed by atoms with Crippen molar-refractivity contribution in [3.63, 3.8) is 0 Å². The molecule has 0 aromatic carbocycles. The van der Waals surface area contributed by atoms with Crippen LogP contribution in [0.2, 0.25) is 0 Å². The monoisotopic (exact) mass is 158 g/mol. The van der Waals surface area contributed by atoms with Crippen LogP contribution in [0.1, 0.15) is 26.2 Å². The van der Waals surface area contributed by atoms with Crippen LogP contribution in [-0.2, 0) is 14.3 Å². The van der Waals surface area contributed by atoms with Crippen molar-refractivity contribution in [2.75, 3.05) is 13.2 Å². The van der Waals surface area contributed by atoms with Gasteiger partial charge in [0.2, 0.25) is 0 Å². The van der Waals surface area contributed by atoms with Gasteiger partial charge in [-0.3, -0.25) is 0 Å². The molecule has 0 aromatic rings. The van der Waals surface area contributed by atoms with Gasteiger partial charge in [0.05, 0.1) is 6.61 Å². The summed E-state index contributed by atoms with van der Waals surface area (Å²) in [4.78, 5) is 10.7. The van der Waals surface area contributed by atoms with Gasteiger partial charge >= 0.3 is 5.97 Å². The second-order valence-corrected chi connectivity index (χ2v) is 2.77. The molecule has 64 valence electrons. The highest BCUT2D eigenvalue weighted by Crippen LogP contribution is 2.09. The molecule has 1 unspecified atom stereocenters. The van der Waals surface area contributed by atoms with E-state index in [0.29, 0.717) is 6.61 Å². The van der Waals surface area contributed by atoms with E-state index in [0.717, 1.165) is 19.3 Å². The number of unbranched alkanes of at least 4 members (excludes halogenated alkanes) is 1. The van der Waals surface area contributed by atoms with Crippen LogP contribution in [0, 0.1) is 0 Å². The Morgan fingerprint density at radius 2 is 2.45 bits per heavy atom. The number of rotatable bonds is 3. The van der Waals surface area contributed by atoms with Crippen LogP contribution < -0.4 is 0 Å². The second-order valence-electron chi connectivity index (χ2n) is 2.77. The molecule has 1 saturated heterocycles. The van der Waals surface area contributed by atoms with E-state index in [9.17, 15) is 4.79 Å². The number of cyclic esters (lactones) is 1. The third-order valence-electron chi connectivity index (χ3n) is 1.70. The molecule has 0 saturated carbocycles. The van der Waals surface area contributed by atoms with E-state index >= 15 is 0 Å². The highest BCUT2D eigenvalue weighted by molar-refractivity contribution is 5.71. The number of hydrogen-bond acceptors (Lipinski definition) is 3. The smallest absolute Gasteiger partial charge is 0.332 e. The van der Waals surface area contributed by atoms with Crippen LogP contribution in [0.3, 0.4) is 0 Å². The summed E-state index contributed by atoms with van der Waals surface area (Å²) in [7, 11) is 0. The molecule has 0 radical (unpaired) electrons. The van der Waals surface area contributed by atoms with Gasteiger partial charge < -0.3 is 9.47 Å². The fraction of sp³-hybridized carbons (Fsp3) is 0.875. The Morgan fingerprint density at radius 3 is 3.09 bits per heavy atom. The molecule has 3 nitrogen and oxygen atoms in total. The zero-order valence-corrected chi connectivity index (χ0v) is 6.84. The first-order valence-corrected chi connectivity index (χ1v) is 4.10. The van der Waals surface area contributed by atoms with E-state index in [2.05, 4.69) is 6.92 Å². The normalized spacial score (nSPS) is 24.8. The maximum atomic E-state index is 10.7. The van der Waals surface area contributed by atoms with Crippen molar-refractivity contribution in [2.24, 2.45) is 0 Å². The number of hydrogen-bond donors (Lipinski definition) is 0. The number of carbonyl (C=O) groups is 1. The number of ether oxygens (including phenoxy) is 2. The lowest BCUT2D eigenvalue weighted by Crippen LogP contribution is -2.32. The van der Waals surface area contributed by atoms with Gasteiger partial charge in [0, 0.05) is 0 Å². The topological polar surface area (TPSA) is 35.5 Å². The summed E-state index contributed by atoms with van der Waals surface area (Å²) in [6, 6.07) is 0. The molecule has 1 fully saturated rings. The molecule has 0 aliphatic carbocycles. The van der Waals surface area contributed by atoms with Gasteiger partial charge in [-0.25, -0.2) is 4.79 Å². The molecule has 3 heteroatoms. The average Bonchev–Trinajstić information content (AvgIpc) is 2.01. The summed E-state index contributed by atoms with van der Waals surface area (Å²) < 4.78 is 10.0. The van der Waals surface area contributed by atoms with Crippen molar-refractivity contribution < 1.29 is 14.3 Å². The molecule has 1 atom stereocenters. The minimum absolute atomic E-state index is 0.0104. The Balaban J connectivity index is 2.17. The second kappa shape index (κ2) is 4.34. The molecule has 11 heavy (non-hydrogen) atoms. The first kappa shape index (κ1) is 8.53. The lowest BCUT2D eigenvalue weighted by molar-refractivity contribution is -0.170. The maximum Gasteiger partial charge on any atom is 0.332 e. The Hall–Kier alpha value is -0.570. The SMILES string of the molecule is CCCCC1COCC(=O)O1. The zero-order chi connectivity index (χ0) is 8.10. The maximum absolute atomic E-state index is 10.7. The zero-order valence-electron chi connectivity index (χ0n) is 6.84. The van der Waals surface area contributed by atoms with Crippen molar-refractivity contribution in [1.82, 2.24) is 0 Å². The largest absolute Gasteiger partial charge is 0.458 e. The molecule has 1 aliphatic heterocycles. The van der Waals surface area contributed by atoms with E-state index in [4.69, 9.17) is 9.47 Å². The summed E-state index contributed by atoms with van der Waals surface area (Å²) >= 11 is 0. The van der Waals surface area contributed by atoms with Gasteiger partial charge in [0.1, 0.15) is 12.7 Å². The average molecular weight is 158 g/mol. The van der Waals surface area contributed by atoms with Crippen molar-refractivity contribution in [3.8, 4) is 0 Å². The van der Waals surface area contributed by atoms with Gasteiger partial charge in [-0.1, -0.05) is 13.3 Å². The Kier molecular flexibility index (Phi) is 3.36. The van der Waals surface area contributed by atoms with Gasteiger partial charge in [-0.15, -0.1) is 0 Å². The summed E-state index contributed by atoms with van der Waals surface area (Å²) in [5, 5.41) is 0. The summed E-state index contributed by atoms with van der Waals surface area (Å²) in [6.07, 6.45) is 3.17. The predicted octanol–water partition coefficient (Wildman–Crippen LogP) is 1.12. The summed E-state index contributed by atoms with van der Waals surface area (Å²) in [5.41, 5.74) is 0. The van der Waals surface area contributed by atoms with Crippen LogP contribution in [-0.4, -0.2) is 25.3 Å². The van der Waals surface area contributed by atoms with E-state index in [1.54, 1.807) is 0 Å². The van der Waals surface area contributed by atoms with Crippen molar-refractivity contribution in [1.29, 1.82) is 0 Å². The lowest BCUT2D eigenvalue weighted by atomic mass is 10.1. The van der Waals surface area contributed by atoms with Crippen LogP contribution in [0.5, 0.6) is 0 Å². The van der Waals surface area contributed by atoms with Gasteiger partial charge in [0.25, 0.3) is 0 Å². The minimum atomic E-state index is -0.225. The highest BCUT2D eigenvalue weighted by Gasteiger charge is 2.19. The van der Waals surface area contributed by atoms with E-state index in [1.807, 2.05) is 0 Å². The van der Waals surface area contributed by atoms with E-state index in [-0.39, 0.29) is 18.7 Å². The van der Waals surface area contributed by atoms with Crippen molar-refractivity contribution in [2.45, 2.75) is 32.3 Å². The molecular weight excluding hydrogens is 144 g/mol. The standard InChI is InChI=1S/C8H14O3/c1-2-3-4-7-5-10-6-8(9)11-7/h7H,2-6H2,1H3. The Bertz CT molecular complexity index is 133. The Morgan fingerprint density at radius 1 is 1.64 bits per heavy atom. The first-order chi connectivity index (χ1) is 5.33. The highest BCUT2D eigenvalue weighted by atomic mass is 16.6. The Labute approximate surface area is 66.7 Å². The van der Waals surface area contributed by atoms with Crippen LogP contribution in [0.4, 0.5) is 0 Å². The van der Waals surface area contributed by atoms with Gasteiger partial charge in [-0.05, 0) is 12.8 Å². The van der Waals surface area contributed by atoms with Gasteiger partial charge in [0.15, 0.2) is 0 Å². The van der Waals surface area contributed by atoms with Crippen molar-refractivity contribution >= 4 is 5.97 Å². The first-order valence-electron chi connectivity index (χ1n) is 4.10. The third-order valence-corrected chi connectivity index (χ3v) is 1.70. The molecule has 0 aromatic heterocycles. The third kappa shape index (κ3) is 2.89. The summed E-state index contributed by atoms with van der Waals surface area (Å²) in [6.45, 7) is 2.82. The molecule has 0 bridgehead atoms. The molecule has 0 amide bonds. The van der Waals surface area contributed by atoms with Crippen LogP contribution in [0.25, 0.3) is 0 Å². The molecule has 0 spiro atoms. The predicted molar refractivity (Wildman–Crippen MR) is 40.2 cm³/mol. The molecule has 0 N–H and O–H groups in total. The van der Waals surface area contributed by atoms with E-state index in [1.165, 1.54) is 0 Å². The quantitative estimate of drug-likeness (QED) is 0.577. The van der Waals surface area contributed by atoms with E-state index < -0.39 is 0 Å². The fourth-order valence-corrected chi connectivity index (χ4v) is 1.10. The molecule has 1 heterocycles. The fourth-order valence-electron chi connectivity index (χ4n) is 1.10. The van der Waals surface area contributed by atoms with Crippen LogP contribution in [0.15, 0.2) is 0 Å². The minimum Gasteiger partial charge on any atom is -0.458 e. The molecular formula is C8H14O3. The van der Waals surface area contributed by atoms with Crippen LogP contribution >= 0.6 is 0 Å².